The van der Waals surface area contributed by atoms with Crippen molar-refractivity contribution in [2.45, 2.75) is 13.5 Å². The Kier molecular flexibility index (Phi) is 5.85. The highest BCUT2D eigenvalue weighted by atomic mass is 32.1. The molecule has 8 nitrogen and oxygen atoms in total. The summed E-state index contributed by atoms with van der Waals surface area (Å²) in [6.07, 6.45) is 1.34. The minimum atomic E-state index is -0.505. The van der Waals surface area contributed by atoms with Gasteiger partial charge in [0.25, 0.3) is 5.56 Å². The molecule has 4 aromatic rings. The fourth-order valence-electron chi connectivity index (χ4n) is 3.03. The Hall–Kier alpha value is -3.85. The summed E-state index contributed by atoms with van der Waals surface area (Å²) >= 11 is 1.03. The van der Waals surface area contributed by atoms with E-state index in [0.29, 0.717) is 21.5 Å². The molecule has 0 spiro atoms. The first kappa shape index (κ1) is 20.4. The van der Waals surface area contributed by atoms with Crippen molar-refractivity contribution in [2.75, 3.05) is 11.9 Å². The van der Waals surface area contributed by atoms with E-state index in [0.717, 1.165) is 16.9 Å². The van der Waals surface area contributed by atoms with Crippen LogP contribution in [0.5, 0.6) is 0 Å². The number of esters is 1. The average molecular weight is 434 g/mol. The van der Waals surface area contributed by atoms with Gasteiger partial charge in [-0.2, -0.15) is 0 Å². The van der Waals surface area contributed by atoms with E-state index in [2.05, 4.69) is 15.3 Å². The van der Waals surface area contributed by atoms with Crippen LogP contribution in [0.15, 0.2) is 65.7 Å². The first-order chi connectivity index (χ1) is 15.1. The Morgan fingerprint density at radius 2 is 1.84 bits per heavy atom. The van der Waals surface area contributed by atoms with Crippen molar-refractivity contribution in [1.82, 2.24) is 14.5 Å². The normalized spacial score (nSPS) is 10.7. The number of aromatic nitrogens is 3. The van der Waals surface area contributed by atoms with Gasteiger partial charge < -0.3 is 10.1 Å². The second kappa shape index (κ2) is 8.88. The number of benzene rings is 2. The molecule has 0 bridgehead atoms. The summed E-state index contributed by atoms with van der Waals surface area (Å²) in [5.74, 6) is -0.961. The van der Waals surface area contributed by atoms with Crippen molar-refractivity contribution < 1.29 is 14.3 Å². The highest BCUT2D eigenvalue weighted by Gasteiger charge is 2.21. The molecule has 9 heteroatoms. The van der Waals surface area contributed by atoms with Crippen LogP contribution in [-0.4, -0.2) is 33.0 Å². The van der Waals surface area contributed by atoms with Crippen molar-refractivity contribution >= 4 is 39.2 Å². The lowest BCUT2D eigenvalue weighted by Crippen LogP contribution is -2.27. The maximum Gasteiger partial charge on any atom is 0.350 e. The maximum atomic E-state index is 12.6. The van der Waals surface area contributed by atoms with Crippen molar-refractivity contribution in [3.8, 4) is 11.3 Å². The number of fused-ring (bicyclic) bond motifs is 1. The zero-order valence-corrected chi connectivity index (χ0v) is 17.4. The maximum absolute atomic E-state index is 12.6. The number of thiazole rings is 1. The lowest BCUT2D eigenvalue weighted by Gasteiger charge is -2.06. The number of anilines is 1. The van der Waals surface area contributed by atoms with Gasteiger partial charge >= 0.3 is 5.97 Å². The zero-order chi connectivity index (χ0) is 21.8. The Labute approximate surface area is 181 Å². The molecule has 0 radical (unpaired) electrons. The molecular formula is C22H18N4O4S. The second-order valence-electron chi connectivity index (χ2n) is 6.53. The van der Waals surface area contributed by atoms with E-state index < -0.39 is 11.9 Å². The minimum Gasteiger partial charge on any atom is -0.462 e. The number of hydrogen-bond donors (Lipinski definition) is 1. The molecule has 0 aliphatic carbocycles. The summed E-state index contributed by atoms with van der Waals surface area (Å²) in [5, 5.41) is 3.34. The van der Waals surface area contributed by atoms with E-state index in [-0.39, 0.29) is 23.8 Å². The number of nitrogens with one attached hydrogen (secondary N) is 1. The standard InChI is InChI=1S/C22H18N4O4S/c1-2-30-21(29)19-18(14-8-4-3-5-9-14)25-22(31-19)24-17(27)12-26-13-23-16-11-7-6-10-15(16)20(26)28/h3-11,13H,2,12H2,1H3,(H,24,25,27). The molecule has 0 fully saturated rings. The van der Waals surface area contributed by atoms with Crippen LogP contribution in [0.3, 0.4) is 0 Å². The average Bonchev–Trinajstić information content (AvgIpc) is 3.20. The Balaban J connectivity index is 1.59. The molecule has 156 valence electrons. The van der Waals surface area contributed by atoms with Gasteiger partial charge in [-0.15, -0.1) is 0 Å². The third-order valence-corrected chi connectivity index (χ3v) is 5.38. The van der Waals surface area contributed by atoms with Crippen molar-refractivity contribution in [3.05, 3.63) is 76.2 Å². The van der Waals surface area contributed by atoms with E-state index in [1.807, 2.05) is 30.3 Å². The molecule has 0 atom stereocenters. The van der Waals surface area contributed by atoms with Crippen LogP contribution in [0, 0.1) is 0 Å². The largest absolute Gasteiger partial charge is 0.462 e. The molecule has 0 saturated heterocycles. The third kappa shape index (κ3) is 4.36. The van der Waals surface area contributed by atoms with Gasteiger partial charge in [-0.05, 0) is 19.1 Å². The van der Waals surface area contributed by atoms with Crippen LogP contribution in [0.4, 0.5) is 5.13 Å². The van der Waals surface area contributed by atoms with Crippen LogP contribution < -0.4 is 10.9 Å². The summed E-state index contributed by atoms with van der Waals surface area (Å²) in [5.41, 5.74) is 1.42. The van der Waals surface area contributed by atoms with E-state index in [1.165, 1.54) is 10.9 Å². The smallest absolute Gasteiger partial charge is 0.350 e. The fraction of sp³-hybridized carbons (Fsp3) is 0.136. The molecule has 1 amide bonds. The van der Waals surface area contributed by atoms with E-state index in [9.17, 15) is 14.4 Å². The second-order valence-corrected chi connectivity index (χ2v) is 7.53. The molecule has 2 aromatic heterocycles. The van der Waals surface area contributed by atoms with Crippen molar-refractivity contribution in [1.29, 1.82) is 0 Å². The Morgan fingerprint density at radius 1 is 1.10 bits per heavy atom. The van der Waals surface area contributed by atoms with Gasteiger partial charge in [-0.25, -0.2) is 14.8 Å². The SMILES string of the molecule is CCOC(=O)c1sc(NC(=O)Cn2cnc3ccccc3c2=O)nc1-c1ccccc1. The molecule has 1 N–H and O–H groups in total. The number of carbonyl (C=O) groups is 2. The van der Waals surface area contributed by atoms with Gasteiger partial charge in [0.05, 0.1) is 29.5 Å². The summed E-state index contributed by atoms with van der Waals surface area (Å²) in [6.45, 7) is 1.72. The molecule has 0 unspecified atom stereocenters. The number of rotatable bonds is 6. The first-order valence-corrected chi connectivity index (χ1v) is 10.4. The minimum absolute atomic E-state index is 0.227. The van der Waals surface area contributed by atoms with Crippen molar-refractivity contribution in [2.24, 2.45) is 0 Å². The Morgan fingerprint density at radius 3 is 2.61 bits per heavy atom. The van der Waals surface area contributed by atoms with E-state index in [1.54, 1.807) is 31.2 Å². The third-order valence-electron chi connectivity index (χ3n) is 4.43. The van der Waals surface area contributed by atoms with Gasteiger partial charge in [-0.3, -0.25) is 14.2 Å². The first-order valence-electron chi connectivity index (χ1n) is 9.54. The molecule has 2 heterocycles. The van der Waals surface area contributed by atoms with Gasteiger partial charge in [-0.1, -0.05) is 53.8 Å². The summed E-state index contributed by atoms with van der Waals surface area (Å²) in [7, 11) is 0. The monoisotopic (exact) mass is 434 g/mol. The molecule has 0 saturated carbocycles. The number of para-hydroxylation sites is 1. The Bertz CT molecular complexity index is 1310. The number of nitrogens with zero attached hydrogens (tertiary/aromatic N) is 3. The van der Waals surface area contributed by atoms with Gasteiger partial charge in [0.1, 0.15) is 11.4 Å². The van der Waals surface area contributed by atoms with E-state index in [4.69, 9.17) is 4.74 Å². The number of amides is 1. The quantitative estimate of drug-likeness (QED) is 0.467. The molecule has 4 rings (SSSR count). The number of ether oxygens (including phenoxy) is 1. The van der Waals surface area contributed by atoms with Gasteiger partial charge in [0.2, 0.25) is 5.91 Å². The topological polar surface area (TPSA) is 103 Å². The number of carbonyl (C=O) groups excluding carboxylic acids is 2. The van der Waals surface area contributed by atoms with Gasteiger partial charge in [0.15, 0.2) is 5.13 Å². The zero-order valence-electron chi connectivity index (χ0n) is 16.6. The van der Waals surface area contributed by atoms with Gasteiger partial charge in [0, 0.05) is 5.56 Å². The van der Waals surface area contributed by atoms with Crippen LogP contribution in [-0.2, 0) is 16.1 Å². The van der Waals surface area contributed by atoms with Crippen LogP contribution >= 0.6 is 11.3 Å². The van der Waals surface area contributed by atoms with Crippen LogP contribution in [0.1, 0.15) is 16.6 Å². The highest BCUT2D eigenvalue weighted by Crippen LogP contribution is 2.31. The predicted molar refractivity (Wildman–Crippen MR) is 118 cm³/mol. The summed E-state index contributed by atoms with van der Waals surface area (Å²) in [6, 6.07) is 16.1. The van der Waals surface area contributed by atoms with Crippen molar-refractivity contribution in [3.63, 3.8) is 0 Å². The molecule has 0 aliphatic rings. The van der Waals surface area contributed by atoms with Crippen LogP contribution in [0.25, 0.3) is 22.2 Å². The molecular weight excluding hydrogens is 416 g/mol. The van der Waals surface area contributed by atoms with E-state index >= 15 is 0 Å². The fourth-order valence-corrected chi connectivity index (χ4v) is 3.93. The summed E-state index contributed by atoms with van der Waals surface area (Å²) < 4.78 is 6.36. The molecule has 2 aromatic carbocycles. The predicted octanol–water partition coefficient (Wildman–Crippen LogP) is 3.34. The summed E-state index contributed by atoms with van der Waals surface area (Å²) in [4.78, 5) is 46.5. The number of hydrogen-bond acceptors (Lipinski definition) is 7. The lowest BCUT2D eigenvalue weighted by atomic mass is 10.1. The molecule has 0 aliphatic heterocycles. The highest BCUT2D eigenvalue weighted by molar-refractivity contribution is 7.18. The molecule has 31 heavy (non-hydrogen) atoms. The lowest BCUT2D eigenvalue weighted by molar-refractivity contribution is -0.116. The van der Waals surface area contributed by atoms with Crippen LogP contribution in [0.2, 0.25) is 0 Å².